The molecule has 0 amide bonds. The van der Waals surface area contributed by atoms with Gasteiger partial charge < -0.3 is 19.9 Å². The van der Waals surface area contributed by atoms with E-state index >= 15 is 0 Å². The van der Waals surface area contributed by atoms with Crippen molar-refractivity contribution in [3.05, 3.63) is 54.6 Å². The highest BCUT2D eigenvalue weighted by Gasteiger charge is 2.10. The van der Waals surface area contributed by atoms with Crippen LogP contribution in [0.3, 0.4) is 0 Å². The lowest BCUT2D eigenvalue weighted by Crippen LogP contribution is -2.22. The van der Waals surface area contributed by atoms with Crippen LogP contribution in [0.4, 0.5) is 11.4 Å². The maximum Gasteiger partial charge on any atom is 0.307 e. The van der Waals surface area contributed by atoms with E-state index in [1.807, 2.05) is 61.5 Å². The van der Waals surface area contributed by atoms with E-state index in [4.69, 9.17) is 14.6 Å². The summed E-state index contributed by atoms with van der Waals surface area (Å²) < 4.78 is 11.1. The highest BCUT2D eigenvalue weighted by molar-refractivity contribution is 8.02. The number of carboxylic acids is 1. The Hall–Kier alpha value is -2.32. The van der Waals surface area contributed by atoms with Crippen molar-refractivity contribution in [1.29, 1.82) is 0 Å². The number of carbonyl (C=O) groups excluding carboxylic acids is 1. The van der Waals surface area contributed by atoms with Crippen LogP contribution in [0.25, 0.3) is 0 Å². The summed E-state index contributed by atoms with van der Waals surface area (Å²) >= 11 is 3.29. The van der Waals surface area contributed by atoms with Gasteiger partial charge in [0.05, 0.1) is 12.8 Å². The highest BCUT2D eigenvalue weighted by Crippen LogP contribution is 2.20. The van der Waals surface area contributed by atoms with Gasteiger partial charge in [-0.3, -0.25) is 9.59 Å². The monoisotopic (exact) mass is 463 g/mol. The molecule has 0 aromatic heterocycles. The molecular formula is C23H29NO5S2. The number of aliphatic carboxylic acids is 1. The highest BCUT2D eigenvalue weighted by atomic mass is 32.2. The summed E-state index contributed by atoms with van der Waals surface area (Å²) in [7, 11) is 0. The fourth-order valence-electron chi connectivity index (χ4n) is 2.49. The molecule has 2 aromatic rings. The summed E-state index contributed by atoms with van der Waals surface area (Å²) in [5.74, 6) is 2.83. The normalized spacial score (nSPS) is 11.5. The fraction of sp³-hybridized carbons (Fsp3) is 0.391. The van der Waals surface area contributed by atoms with Gasteiger partial charge in [0.2, 0.25) is 0 Å². The van der Waals surface area contributed by atoms with Crippen LogP contribution >= 0.6 is 23.5 Å². The molecule has 0 saturated heterocycles. The summed E-state index contributed by atoms with van der Waals surface area (Å²) in [6.45, 7) is 2.11. The SMILES string of the molecule is CC(COc1ccc(Nc2ccccc2)cc1)OC(=O)CCSCCSCCC(=O)O. The van der Waals surface area contributed by atoms with Crippen molar-refractivity contribution < 1.29 is 24.2 Å². The summed E-state index contributed by atoms with van der Waals surface area (Å²) in [4.78, 5) is 22.3. The van der Waals surface area contributed by atoms with E-state index in [-0.39, 0.29) is 18.5 Å². The van der Waals surface area contributed by atoms with Gasteiger partial charge in [0, 0.05) is 34.4 Å². The summed E-state index contributed by atoms with van der Waals surface area (Å²) in [5, 5.41) is 11.9. The van der Waals surface area contributed by atoms with Crippen LogP contribution in [0.15, 0.2) is 54.6 Å². The Bertz CT molecular complexity index is 786. The number of carbonyl (C=O) groups is 2. The molecule has 8 heteroatoms. The summed E-state index contributed by atoms with van der Waals surface area (Å²) in [6.07, 6.45) is 0.219. The molecule has 0 fully saturated rings. The van der Waals surface area contributed by atoms with Gasteiger partial charge in [0.1, 0.15) is 18.5 Å². The molecule has 6 nitrogen and oxygen atoms in total. The van der Waals surface area contributed by atoms with Crippen LogP contribution in [0.1, 0.15) is 19.8 Å². The van der Waals surface area contributed by atoms with E-state index in [1.54, 1.807) is 23.5 Å². The number of para-hydroxylation sites is 1. The van der Waals surface area contributed by atoms with Crippen molar-refractivity contribution in [3.8, 4) is 5.75 Å². The van der Waals surface area contributed by atoms with Gasteiger partial charge in [0.15, 0.2) is 0 Å². The van der Waals surface area contributed by atoms with Crippen LogP contribution in [0, 0.1) is 0 Å². The molecule has 0 radical (unpaired) electrons. The van der Waals surface area contributed by atoms with Crippen molar-refractivity contribution in [2.24, 2.45) is 0 Å². The Balaban J connectivity index is 1.55. The Labute approximate surface area is 192 Å². The van der Waals surface area contributed by atoms with Crippen molar-refractivity contribution in [1.82, 2.24) is 0 Å². The van der Waals surface area contributed by atoms with Crippen LogP contribution in [0.2, 0.25) is 0 Å². The van der Waals surface area contributed by atoms with E-state index < -0.39 is 5.97 Å². The minimum atomic E-state index is -0.766. The quantitative estimate of drug-likeness (QED) is 0.280. The molecule has 0 spiro atoms. The number of rotatable bonds is 15. The van der Waals surface area contributed by atoms with Crippen LogP contribution in [0.5, 0.6) is 5.75 Å². The Morgan fingerprint density at radius 2 is 1.52 bits per heavy atom. The number of carboxylic acid groups (broad SMARTS) is 1. The molecule has 2 aromatic carbocycles. The number of hydrogen-bond acceptors (Lipinski definition) is 7. The smallest absolute Gasteiger partial charge is 0.307 e. The zero-order valence-electron chi connectivity index (χ0n) is 17.6. The number of benzene rings is 2. The first kappa shape index (κ1) is 24.9. The third-order valence-corrected chi connectivity index (χ3v) is 6.25. The van der Waals surface area contributed by atoms with Crippen molar-refractivity contribution >= 4 is 46.8 Å². The maximum absolute atomic E-state index is 11.9. The third kappa shape index (κ3) is 11.6. The number of nitrogens with one attached hydrogen (secondary N) is 1. The lowest BCUT2D eigenvalue weighted by molar-refractivity contribution is -0.149. The van der Waals surface area contributed by atoms with E-state index in [1.165, 1.54) is 0 Å². The van der Waals surface area contributed by atoms with Gasteiger partial charge in [-0.05, 0) is 43.3 Å². The second-order valence-corrected chi connectivity index (χ2v) is 9.19. The van der Waals surface area contributed by atoms with Gasteiger partial charge in [-0.1, -0.05) is 18.2 Å². The minimum absolute atomic E-state index is 0.191. The standard InChI is InChI=1S/C23H29NO5S2/c1-18(29-23(27)12-14-31-16-15-30-13-11-22(25)26)17-28-21-9-7-20(8-10-21)24-19-5-3-2-4-6-19/h2-10,18,24H,11-17H2,1H3,(H,25,26). The number of hydrogen-bond donors (Lipinski definition) is 2. The van der Waals surface area contributed by atoms with Gasteiger partial charge in [-0.2, -0.15) is 23.5 Å². The summed E-state index contributed by atoms with van der Waals surface area (Å²) in [5.41, 5.74) is 1.99. The predicted octanol–water partition coefficient (Wildman–Crippen LogP) is 5.07. The molecule has 31 heavy (non-hydrogen) atoms. The molecule has 2 N–H and O–H groups in total. The molecule has 0 bridgehead atoms. The Kier molecular flexibility index (Phi) is 11.8. The molecule has 2 rings (SSSR count). The lowest BCUT2D eigenvalue weighted by atomic mass is 10.2. The second-order valence-electron chi connectivity index (χ2n) is 6.75. The topological polar surface area (TPSA) is 84.9 Å². The number of esters is 1. The maximum atomic E-state index is 11.9. The second kappa shape index (κ2) is 14.6. The minimum Gasteiger partial charge on any atom is -0.490 e. The predicted molar refractivity (Wildman–Crippen MR) is 129 cm³/mol. The molecule has 1 unspecified atom stereocenters. The van der Waals surface area contributed by atoms with Crippen molar-refractivity contribution in [2.75, 3.05) is 34.9 Å². The van der Waals surface area contributed by atoms with Gasteiger partial charge in [0.25, 0.3) is 0 Å². The van der Waals surface area contributed by atoms with E-state index in [0.29, 0.717) is 24.5 Å². The van der Waals surface area contributed by atoms with Gasteiger partial charge >= 0.3 is 11.9 Å². The molecule has 0 aliphatic carbocycles. The largest absolute Gasteiger partial charge is 0.490 e. The average Bonchev–Trinajstić information content (AvgIpc) is 2.75. The van der Waals surface area contributed by atoms with Crippen LogP contribution in [-0.2, 0) is 14.3 Å². The zero-order valence-corrected chi connectivity index (χ0v) is 19.3. The average molecular weight is 464 g/mol. The van der Waals surface area contributed by atoms with Crippen molar-refractivity contribution in [3.63, 3.8) is 0 Å². The Morgan fingerprint density at radius 3 is 2.16 bits per heavy atom. The molecule has 0 heterocycles. The molecular weight excluding hydrogens is 434 g/mol. The first-order chi connectivity index (χ1) is 15.0. The molecule has 0 aliphatic rings. The summed E-state index contributed by atoms with van der Waals surface area (Å²) in [6, 6.07) is 17.6. The first-order valence-electron chi connectivity index (χ1n) is 10.1. The van der Waals surface area contributed by atoms with Gasteiger partial charge in [-0.25, -0.2) is 0 Å². The Morgan fingerprint density at radius 1 is 0.903 bits per heavy atom. The molecule has 0 aliphatic heterocycles. The van der Waals surface area contributed by atoms with Crippen LogP contribution in [-0.4, -0.2) is 52.8 Å². The number of thioether (sulfide) groups is 2. The van der Waals surface area contributed by atoms with E-state index in [0.717, 1.165) is 28.6 Å². The fourth-order valence-corrected chi connectivity index (χ4v) is 4.47. The third-order valence-electron chi connectivity index (χ3n) is 4.02. The molecule has 168 valence electrons. The van der Waals surface area contributed by atoms with Gasteiger partial charge in [-0.15, -0.1) is 0 Å². The number of ether oxygens (including phenoxy) is 2. The number of anilines is 2. The molecule has 0 saturated carbocycles. The van der Waals surface area contributed by atoms with E-state index in [2.05, 4.69) is 5.32 Å². The first-order valence-corrected chi connectivity index (χ1v) is 12.5. The lowest BCUT2D eigenvalue weighted by Gasteiger charge is -2.15. The molecule has 1 atom stereocenters. The van der Waals surface area contributed by atoms with Crippen molar-refractivity contribution in [2.45, 2.75) is 25.9 Å². The zero-order chi connectivity index (χ0) is 22.3. The van der Waals surface area contributed by atoms with E-state index in [9.17, 15) is 9.59 Å². The van der Waals surface area contributed by atoms with Crippen LogP contribution < -0.4 is 10.1 Å².